The number of rotatable bonds is 3. The van der Waals surface area contributed by atoms with Gasteiger partial charge in [0.2, 0.25) is 0 Å². The van der Waals surface area contributed by atoms with Crippen molar-refractivity contribution in [1.29, 1.82) is 0 Å². The van der Waals surface area contributed by atoms with Crippen LogP contribution in [0.2, 0.25) is 0 Å². The fraction of sp³-hybridized carbons (Fsp3) is 0.300. The molecule has 82 valence electrons. The van der Waals surface area contributed by atoms with E-state index >= 15 is 0 Å². The number of cyclic esters (lactones) is 2. The summed E-state index contributed by atoms with van der Waals surface area (Å²) in [6.07, 6.45) is 4.63. The van der Waals surface area contributed by atoms with E-state index in [2.05, 4.69) is 16.1 Å². The molecule has 0 aromatic rings. The fourth-order valence-electron chi connectivity index (χ4n) is 0.659. The van der Waals surface area contributed by atoms with E-state index < -0.39 is 11.9 Å². The number of hydrogen-bond acceptors (Lipinski definition) is 5. The van der Waals surface area contributed by atoms with Crippen LogP contribution in [0.1, 0.15) is 19.8 Å². The van der Waals surface area contributed by atoms with Crippen molar-refractivity contribution < 1.29 is 23.9 Å². The Kier molecular flexibility index (Phi) is 6.54. The first-order valence-corrected chi connectivity index (χ1v) is 4.34. The molecule has 1 heterocycles. The Balaban J connectivity index is 0.000000262. The van der Waals surface area contributed by atoms with Crippen LogP contribution in [0.25, 0.3) is 0 Å². The van der Waals surface area contributed by atoms with Gasteiger partial charge in [-0.1, -0.05) is 13.5 Å². The first-order valence-electron chi connectivity index (χ1n) is 4.34. The molecular weight excluding hydrogens is 200 g/mol. The molecule has 1 aliphatic heterocycles. The van der Waals surface area contributed by atoms with Crippen LogP contribution in [0.5, 0.6) is 0 Å². The molecule has 0 saturated heterocycles. The Morgan fingerprint density at radius 2 is 2.00 bits per heavy atom. The average molecular weight is 212 g/mol. The summed E-state index contributed by atoms with van der Waals surface area (Å²) >= 11 is 0. The largest absolute Gasteiger partial charge is 0.435 e. The highest BCUT2D eigenvalue weighted by Gasteiger charge is 2.10. The molecule has 0 spiro atoms. The van der Waals surface area contributed by atoms with E-state index in [1.54, 1.807) is 0 Å². The maximum Gasteiger partial charge on any atom is 0.338 e. The second-order valence-corrected chi connectivity index (χ2v) is 2.48. The standard InChI is InChI=1S/C6H10O2.C4H2O3/c1-3-5-6(7)8-4-2;5-3-1-2-4(6)7-3/h4H,2-3,5H2,1H3;1-2H. The number of carbonyl (C=O) groups is 3. The van der Waals surface area contributed by atoms with Crippen molar-refractivity contribution in [3.05, 3.63) is 25.0 Å². The van der Waals surface area contributed by atoms with Crippen molar-refractivity contribution >= 4 is 17.9 Å². The Morgan fingerprint density at radius 1 is 1.47 bits per heavy atom. The predicted molar refractivity (Wildman–Crippen MR) is 51.4 cm³/mol. The third-order valence-corrected chi connectivity index (χ3v) is 1.23. The van der Waals surface area contributed by atoms with Crippen molar-refractivity contribution in [2.45, 2.75) is 19.8 Å². The first-order chi connectivity index (χ1) is 7.10. The summed E-state index contributed by atoms with van der Waals surface area (Å²) in [6.45, 7) is 5.16. The van der Waals surface area contributed by atoms with Crippen LogP contribution in [0.3, 0.4) is 0 Å². The Morgan fingerprint density at radius 3 is 2.27 bits per heavy atom. The maximum atomic E-state index is 10.3. The monoisotopic (exact) mass is 212 g/mol. The van der Waals surface area contributed by atoms with Crippen LogP contribution in [0.4, 0.5) is 0 Å². The van der Waals surface area contributed by atoms with Gasteiger partial charge in [-0.25, -0.2) is 9.59 Å². The molecule has 0 bridgehead atoms. The molecular formula is C10H12O5. The van der Waals surface area contributed by atoms with Gasteiger partial charge in [0, 0.05) is 18.6 Å². The molecule has 0 saturated carbocycles. The van der Waals surface area contributed by atoms with Gasteiger partial charge in [0.25, 0.3) is 0 Å². The minimum Gasteiger partial charge on any atom is -0.435 e. The van der Waals surface area contributed by atoms with E-state index in [9.17, 15) is 14.4 Å². The van der Waals surface area contributed by atoms with Gasteiger partial charge in [0.1, 0.15) is 0 Å². The lowest BCUT2D eigenvalue weighted by atomic mass is 10.3. The van der Waals surface area contributed by atoms with Crippen LogP contribution in [-0.2, 0) is 23.9 Å². The summed E-state index contributed by atoms with van der Waals surface area (Å²) < 4.78 is 8.38. The van der Waals surface area contributed by atoms with Gasteiger partial charge in [-0.2, -0.15) is 0 Å². The molecule has 0 aromatic carbocycles. The average Bonchev–Trinajstić information content (AvgIpc) is 2.52. The third kappa shape index (κ3) is 7.18. The summed E-state index contributed by atoms with van der Waals surface area (Å²) in [5.74, 6) is -1.36. The van der Waals surface area contributed by atoms with E-state index in [1.165, 1.54) is 0 Å². The molecule has 0 fully saturated rings. The fourth-order valence-corrected chi connectivity index (χ4v) is 0.659. The molecule has 1 rings (SSSR count). The van der Waals surface area contributed by atoms with Gasteiger partial charge in [-0.05, 0) is 6.42 Å². The number of hydrogen-bond donors (Lipinski definition) is 0. The molecule has 0 atom stereocenters. The summed E-state index contributed by atoms with van der Waals surface area (Å²) in [7, 11) is 0. The van der Waals surface area contributed by atoms with Crippen LogP contribution in [0, 0.1) is 0 Å². The van der Waals surface area contributed by atoms with Crippen LogP contribution in [0.15, 0.2) is 25.0 Å². The Labute approximate surface area is 87.4 Å². The summed E-state index contributed by atoms with van der Waals surface area (Å²) in [6, 6.07) is 0. The Bertz CT molecular complexity index is 274. The molecule has 1 aliphatic rings. The minimum absolute atomic E-state index is 0.206. The zero-order valence-corrected chi connectivity index (χ0v) is 8.39. The minimum atomic E-state index is -0.579. The van der Waals surface area contributed by atoms with Gasteiger partial charge in [0.15, 0.2) is 0 Å². The quantitative estimate of drug-likeness (QED) is 0.398. The molecule has 0 aliphatic carbocycles. The van der Waals surface area contributed by atoms with Crippen LogP contribution >= 0.6 is 0 Å². The number of carbonyl (C=O) groups excluding carboxylic acids is 3. The van der Waals surface area contributed by atoms with Crippen LogP contribution < -0.4 is 0 Å². The molecule has 15 heavy (non-hydrogen) atoms. The van der Waals surface area contributed by atoms with Gasteiger partial charge < -0.3 is 9.47 Å². The molecule has 0 unspecified atom stereocenters. The predicted octanol–water partition coefficient (Wildman–Crippen LogP) is 1.10. The highest BCUT2D eigenvalue weighted by atomic mass is 16.6. The van der Waals surface area contributed by atoms with Crippen molar-refractivity contribution in [2.24, 2.45) is 0 Å². The second kappa shape index (κ2) is 7.49. The molecule has 0 N–H and O–H groups in total. The molecule has 5 heteroatoms. The maximum absolute atomic E-state index is 10.3. The van der Waals surface area contributed by atoms with Crippen molar-refractivity contribution in [1.82, 2.24) is 0 Å². The topological polar surface area (TPSA) is 69.7 Å². The van der Waals surface area contributed by atoms with E-state index in [1.807, 2.05) is 6.92 Å². The zero-order valence-electron chi connectivity index (χ0n) is 8.39. The molecule has 0 amide bonds. The van der Waals surface area contributed by atoms with Crippen molar-refractivity contribution in [2.75, 3.05) is 0 Å². The lowest BCUT2D eigenvalue weighted by Gasteiger charge is -1.92. The van der Waals surface area contributed by atoms with E-state index in [4.69, 9.17) is 0 Å². The number of esters is 3. The van der Waals surface area contributed by atoms with Gasteiger partial charge >= 0.3 is 17.9 Å². The first kappa shape index (κ1) is 13.1. The zero-order chi connectivity index (χ0) is 11.7. The highest BCUT2D eigenvalue weighted by molar-refractivity contribution is 6.04. The second-order valence-electron chi connectivity index (χ2n) is 2.48. The number of ether oxygens (including phenoxy) is 2. The summed E-state index contributed by atoms with van der Waals surface area (Å²) in [5.41, 5.74) is 0. The van der Waals surface area contributed by atoms with Crippen molar-refractivity contribution in [3.63, 3.8) is 0 Å². The smallest absolute Gasteiger partial charge is 0.338 e. The normalized spacial score (nSPS) is 12.6. The molecule has 0 radical (unpaired) electrons. The van der Waals surface area contributed by atoms with Gasteiger partial charge in [-0.15, -0.1) is 0 Å². The summed E-state index contributed by atoms with van der Waals surface area (Å²) in [5, 5.41) is 0. The van der Waals surface area contributed by atoms with E-state index in [0.29, 0.717) is 6.42 Å². The van der Waals surface area contributed by atoms with Gasteiger partial charge in [-0.3, -0.25) is 4.79 Å². The highest BCUT2D eigenvalue weighted by Crippen LogP contribution is 1.92. The lowest BCUT2D eigenvalue weighted by molar-refractivity contribution is -0.150. The summed E-state index contributed by atoms with van der Waals surface area (Å²) in [4.78, 5) is 30.2. The lowest BCUT2D eigenvalue weighted by Crippen LogP contribution is -1.96. The SMILES string of the molecule is C=COC(=O)CCC.O=C1C=CC(=O)O1. The third-order valence-electron chi connectivity index (χ3n) is 1.23. The van der Waals surface area contributed by atoms with E-state index in [-0.39, 0.29) is 5.97 Å². The Hall–Kier alpha value is -1.91. The van der Waals surface area contributed by atoms with Gasteiger partial charge in [0.05, 0.1) is 6.26 Å². The van der Waals surface area contributed by atoms with E-state index in [0.717, 1.165) is 24.8 Å². The molecule has 5 nitrogen and oxygen atoms in total. The molecule has 0 aromatic heterocycles. The van der Waals surface area contributed by atoms with Crippen molar-refractivity contribution in [3.8, 4) is 0 Å². The van der Waals surface area contributed by atoms with Crippen LogP contribution in [-0.4, -0.2) is 17.9 Å².